The molecule has 10 heteroatoms. The van der Waals surface area contributed by atoms with E-state index in [9.17, 15) is 25.6 Å². The Morgan fingerprint density at radius 3 is 1.31 bits per heavy atom. The minimum Gasteiger partial charge on any atom is -0.288 e. The van der Waals surface area contributed by atoms with E-state index in [1.165, 1.54) is 24.3 Å². The number of rotatable bonds is 4. The van der Waals surface area contributed by atoms with E-state index in [0.29, 0.717) is 11.1 Å². The van der Waals surface area contributed by atoms with Gasteiger partial charge in [-0.05, 0) is 35.4 Å². The number of halogens is 2. The van der Waals surface area contributed by atoms with Crippen LogP contribution in [0.1, 0.15) is 11.1 Å². The third-order valence-electron chi connectivity index (χ3n) is 6.80. The van der Waals surface area contributed by atoms with Crippen LogP contribution in [0.2, 0.25) is 0 Å². The van der Waals surface area contributed by atoms with Crippen molar-refractivity contribution in [3.8, 4) is 0 Å². The van der Waals surface area contributed by atoms with E-state index in [1.54, 1.807) is 24.3 Å². The molecule has 0 amide bonds. The lowest BCUT2D eigenvalue weighted by Crippen LogP contribution is -2.67. The minimum absolute atomic E-state index is 0.0735. The highest BCUT2D eigenvalue weighted by molar-refractivity contribution is 7.92. The zero-order valence-electron chi connectivity index (χ0n) is 17.3. The number of nitrogens with zero attached hydrogens (tertiary/aromatic N) is 2. The van der Waals surface area contributed by atoms with E-state index in [1.807, 2.05) is 9.80 Å². The Morgan fingerprint density at radius 1 is 0.656 bits per heavy atom. The summed E-state index contributed by atoms with van der Waals surface area (Å²) in [6, 6.07) is 10.5. The number of piperazine rings is 1. The third kappa shape index (κ3) is 4.21. The summed E-state index contributed by atoms with van der Waals surface area (Å²) in [5, 5.41) is 0. The minimum atomic E-state index is -3.34. The first-order valence-corrected chi connectivity index (χ1v) is 14.2. The Balaban J connectivity index is 1.54. The van der Waals surface area contributed by atoms with Gasteiger partial charge in [0.15, 0.2) is 19.7 Å². The zero-order chi connectivity index (χ0) is 22.7. The van der Waals surface area contributed by atoms with Crippen LogP contribution >= 0.6 is 0 Å². The summed E-state index contributed by atoms with van der Waals surface area (Å²) in [6.07, 6.45) is 0. The fourth-order valence-corrected chi connectivity index (χ4v) is 9.55. The lowest BCUT2D eigenvalue weighted by molar-refractivity contribution is -0.0342. The van der Waals surface area contributed by atoms with Gasteiger partial charge >= 0.3 is 0 Å². The number of hydrogen-bond acceptors (Lipinski definition) is 6. The molecule has 3 aliphatic heterocycles. The maximum Gasteiger partial charge on any atom is 0.153 e. The van der Waals surface area contributed by atoms with Gasteiger partial charge in [0.1, 0.15) is 11.6 Å². The van der Waals surface area contributed by atoms with E-state index in [0.717, 1.165) is 0 Å². The quantitative estimate of drug-likeness (QED) is 0.659. The van der Waals surface area contributed by atoms with Crippen LogP contribution in [0.25, 0.3) is 0 Å². The molecule has 0 aliphatic carbocycles. The fraction of sp³-hybridized carbons (Fsp3) is 0.455. The van der Waals surface area contributed by atoms with Crippen LogP contribution < -0.4 is 0 Å². The van der Waals surface area contributed by atoms with Gasteiger partial charge in [0.2, 0.25) is 0 Å². The second-order valence-corrected chi connectivity index (χ2v) is 13.3. The van der Waals surface area contributed by atoms with Crippen LogP contribution in [0.4, 0.5) is 8.78 Å². The summed E-state index contributed by atoms with van der Waals surface area (Å²) in [4.78, 5) is 3.92. The second-order valence-electron chi connectivity index (χ2n) is 9.03. The zero-order valence-corrected chi connectivity index (χ0v) is 18.9. The predicted octanol–water partition coefficient (Wildman–Crippen LogP) is 1.61. The molecule has 0 bridgehead atoms. The first kappa shape index (κ1) is 21.9. The van der Waals surface area contributed by atoms with Gasteiger partial charge < -0.3 is 0 Å². The third-order valence-corrected chi connectivity index (χ3v) is 10.2. The van der Waals surface area contributed by atoms with Crippen LogP contribution in [0.5, 0.6) is 0 Å². The maximum absolute atomic E-state index is 13.8. The second kappa shape index (κ2) is 7.86. The Hall–Kier alpha value is -1.88. The standard InChI is InChI=1S/C22H24F2N2O4S2/c23-17-5-1-3-15(7-17)9-25-19-11-31(27,28)13-21(19)26(10-16-4-2-6-18(24)8-16)22-14-32(29,30)12-20(22)25/h1-8,19-22H,9-14H2/t19-,20-,21+,22+. The molecule has 0 radical (unpaired) electrons. The first-order valence-electron chi connectivity index (χ1n) is 10.5. The van der Waals surface area contributed by atoms with Crippen molar-refractivity contribution in [3.05, 3.63) is 71.3 Å². The van der Waals surface area contributed by atoms with Gasteiger partial charge in [0.05, 0.1) is 23.0 Å². The number of fused-ring (bicyclic) bond motifs is 2. The smallest absolute Gasteiger partial charge is 0.153 e. The van der Waals surface area contributed by atoms with Crippen molar-refractivity contribution >= 4 is 19.7 Å². The Bertz CT molecular complexity index is 1120. The van der Waals surface area contributed by atoms with Gasteiger partial charge in [-0.2, -0.15) is 0 Å². The average molecular weight is 483 g/mol. The van der Waals surface area contributed by atoms with Gasteiger partial charge in [0.25, 0.3) is 0 Å². The summed E-state index contributed by atoms with van der Waals surface area (Å²) in [6.45, 7) is 0.553. The lowest BCUT2D eigenvalue weighted by atomic mass is 9.93. The van der Waals surface area contributed by atoms with Crippen LogP contribution in [-0.4, -0.2) is 73.8 Å². The van der Waals surface area contributed by atoms with Crippen molar-refractivity contribution in [2.24, 2.45) is 0 Å². The molecule has 2 aromatic rings. The topological polar surface area (TPSA) is 74.8 Å². The van der Waals surface area contributed by atoms with Gasteiger partial charge in [-0.3, -0.25) is 9.80 Å². The van der Waals surface area contributed by atoms with E-state index in [2.05, 4.69) is 0 Å². The molecule has 0 aromatic heterocycles. The molecule has 6 nitrogen and oxygen atoms in total. The highest BCUT2D eigenvalue weighted by Gasteiger charge is 2.57. The molecule has 3 saturated heterocycles. The Kier molecular flexibility index (Phi) is 5.39. The average Bonchev–Trinajstić information content (AvgIpc) is 3.19. The molecule has 4 atom stereocenters. The van der Waals surface area contributed by atoms with Gasteiger partial charge in [-0.15, -0.1) is 0 Å². The van der Waals surface area contributed by atoms with Gasteiger partial charge in [0, 0.05) is 37.3 Å². The van der Waals surface area contributed by atoms with E-state index in [-0.39, 0.29) is 36.1 Å². The van der Waals surface area contributed by atoms with Crippen LogP contribution in [0, 0.1) is 11.6 Å². The normalized spacial score (nSPS) is 31.3. The highest BCUT2D eigenvalue weighted by Crippen LogP contribution is 2.39. The number of hydrogen-bond donors (Lipinski definition) is 0. The summed E-state index contributed by atoms with van der Waals surface area (Å²) in [5.41, 5.74) is 1.35. The SMILES string of the molecule is O=S1(=O)C[C@@H]2[C@H](C1)N(Cc1cccc(F)c1)[C@H]1CS(=O)(=O)C[C@H]1N2Cc1cccc(F)c1. The largest absolute Gasteiger partial charge is 0.288 e. The molecule has 0 unspecified atom stereocenters. The van der Waals surface area contributed by atoms with Crippen molar-refractivity contribution in [3.63, 3.8) is 0 Å². The van der Waals surface area contributed by atoms with Crippen molar-refractivity contribution in [1.82, 2.24) is 9.80 Å². The van der Waals surface area contributed by atoms with Crippen LogP contribution in [-0.2, 0) is 32.8 Å². The molecular formula is C22H24F2N2O4S2. The molecule has 172 valence electrons. The Labute approximate surface area is 186 Å². The van der Waals surface area contributed by atoms with Crippen LogP contribution in [0.3, 0.4) is 0 Å². The Morgan fingerprint density at radius 2 is 1.00 bits per heavy atom. The van der Waals surface area contributed by atoms with Crippen molar-refractivity contribution in [2.75, 3.05) is 23.0 Å². The fourth-order valence-electron chi connectivity index (χ4n) is 5.54. The van der Waals surface area contributed by atoms with Crippen LogP contribution in [0.15, 0.2) is 48.5 Å². The van der Waals surface area contributed by atoms with Crippen molar-refractivity contribution in [2.45, 2.75) is 37.3 Å². The molecular weight excluding hydrogens is 458 g/mol. The first-order chi connectivity index (χ1) is 15.1. The monoisotopic (exact) mass is 482 g/mol. The molecule has 3 heterocycles. The van der Waals surface area contributed by atoms with Crippen molar-refractivity contribution in [1.29, 1.82) is 0 Å². The number of sulfone groups is 2. The maximum atomic E-state index is 13.8. The van der Waals surface area contributed by atoms with E-state index in [4.69, 9.17) is 0 Å². The van der Waals surface area contributed by atoms with E-state index >= 15 is 0 Å². The highest BCUT2D eigenvalue weighted by atomic mass is 32.2. The summed E-state index contributed by atoms with van der Waals surface area (Å²) < 4.78 is 78.2. The van der Waals surface area contributed by atoms with Gasteiger partial charge in [-0.25, -0.2) is 25.6 Å². The molecule has 0 saturated carbocycles. The predicted molar refractivity (Wildman–Crippen MR) is 116 cm³/mol. The molecule has 32 heavy (non-hydrogen) atoms. The number of benzene rings is 2. The summed E-state index contributed by atoms with van der Waals surface area (Å²) >= 11 is 0. The molecule has 3 fully saturated rings. The molecule has 3 aliphatic rings. The lowest BCUT2D eigenvalue weighted by Gasteiger charge is -2.51. The summed E-state index contributed by atoms with van der Waals surface area (Å²) in [5.74, 6) is -1.07. The molecule has 5 rings (SSSR count). The molecule has 0 N–H and O–H groups in total. The van der Waals surface area contributed by atoms with Gasteiger partial charge in [-0.1, -0.05) is 24.3 Å². The molecule has 0 spiro atoms. The van der Waals surface area contributed by atoms with Crippen molar-refractivity contribution < 1.29 is 25.6 Å². The summed E-state index contributed by atoms with van der Waals surface area (Å²) in [7, 11) is -6.67. The van der Waals surface area contributed by atoms with E-state index < -0.39 is 55.5 Å². The molecule has 2 aromatic carbocycles.